The van der Waals surface area contributed by atoms with Crippen molar-refractivity contribution < 1.29 is 14.1 Å². The van der Waals surface area contributed by atoms with Crippen molar-refractivity contribution in [2.24, 2.45) is 5.10 Å². The van der Waals surface area contributed by atoms with Crippen LogP contribution in [0.15, 0.2) is 64.1 Å². The van der Waals surface area contributed by atoms with Crippen LogP contribution in [0.25, 0.3) is 11.3 Å². The fourth-order valence-corrected chi connectivity index (χ4v) is 2.62. The van der Waals surface area contributed by atoms with Crippen LogP contribution in [0.4, 0.5) is 5.69 Å². The van der Waals surface area contributed by atoms with Gasteiger partial charge in [-0.1, -0.05) is 29.3 Å². The van der Waals surface area contributed by atoms with Gasteiger partial charge in [0.1, 0.15) is 11.5 Å². The summed E-state index contributed by atoms with van der Waals surface area (Å²) in [5.41, 5.74) is 2.85. The van der Waals surface area contributed by atoms with Crippen LogP contribution in [0.1, 0.15) is 16.1 Å². The maximum absolute atomic E-state index is 12.0. The van der Waals surface area contributed by atoms with Crippen molar-refractivity contribution in [2.75, 3.05) is 0 Å². The Bertz CT molecular complexity index is 1050. The zero-order valence-corrected chi connectivity index (χ0v) is 15.1. The van der Waals surface area contributed by atoms with Crippen LogP contribution in [0.5, 0.6) is 0 Å². The molecule has 0 atom stereocenters. The second-order valence-electron chi connectivity index (χ2n) is 5.33. The monoisotopic (exact) mass is 403 g/mol. The molecule has 1 amide bonds. The first-order chi connectivity index (χ1) is 12.9. The number of furan rings is 1. The molecule has 0 spiro atoms. The minimum absolute atomic E-state index is 0.118. The van der Waals surface area contributed by atoms with E-state index in [1.54, 1.807) is 30.3 Å². The van der Waals surface area contributed by atoms with Crippen LogP contribution >= 0.6 is 23.2 Å². The molecular formula is C18H11Cl2N3O4. The van der Waals surface area contributed by atoms with Crippen molar-refractivity contribution in [1.82, 2.24) is 5.43 Å². The summed E-state index contributed by atoms with van der Waals surface area (Å²) < 4.78 is 5.61. The minimum atomic E-state index is -0.584. The van der Waals surface area contributed by atoms with E-state index in [4.69, 9.17) is 27.6 Å². The van der Waals surface area contributed by atoms with Gasteiger partial charge in [-0.25, -0.2) is 5.43 Å². The Hall–Kier alpha value is -3.16. The fraction of sp³-hybridized carbons (Fsp3) is 0. The molecule has 0 saturated carbocycles. The van der Waals surface area contributed by atoms with Crippen LogP contribution in [0.3, 0.4) is 0 Å². The first kappa shape index (κ1) is 18.6. The maximum atomic E-state index is 12.0. The molecule has 0 fully saturated rings. The van der Waals surface area contributed by atoms with Crippen LogP contribution in [-0.2, 0) is 0 Å². The van der Waals surface area contributed by atoms with Gasteiger partial charge in [0, 0.05) is 28.3 Å². The van der Waals surface area contributed by atoms with Crippen molar-refractivity contribution in [1.29, 1.82) is 0 Å². The molecule has 0 saturated heterocycles. The lowest BCUT2D eigenvalue weighted by Gasteiger charge is -2.01. The number of nitrogens with zero attached hydrogens (tertiary/aromatic N) is 2. The number of halogens is 2. The predicted molar refractivity (Wildman–Crippen MR) is 102 cm³/mol. The Balaban J connectivity index is 1.69. The van der Waals surface area contributed by atoms with E-state index < -0.39 is 10.8 Å². The number of hydrogen-bond acceptors (Lipinski definition) is 5. The Morgan fingerprint density at radius 1 is 1.15 bits per heavy atom. The second-order valence-corrected chi connectivity index (χ2v) is 6.18. The van der Waals surface area contributed by atoms with Crippen LogP contribution in [0, 0.1) is 10.1 Å². The minimum Gasteiger partial charge on any atom is -0.455 e. The molecule has 0 aliphatic heterocycles. The molecule has 7 nitrogen and oxygen atoms in total. The number of non-ortho nitro benzene ring substituents is 1. The van der Waals surface area contributed by atoms with Crippen LogP contribution in [0.2, 0.25) is 10.0 Å². The lowest BCUT2D eigenvalue weighted by Crippen LogP contribution is -2.17. The molecule has 0 radical (unpaired) electrons. The molecule has 136 valence electrons. The lowest BCUT2D eigenvalue weighted by atomic mass is 10.2. The summed E-state index contributed by atoms with van der Waals surface area (Å²) in [7, 11) is 0. The highest BCUT2D eigenvalue weighted by Gasteiger charge is 2.11. The van der Waals surface area contributed by atoms with Gasteiger partial charge in [-0.2, -0.15) is 5.10 Å². The van der Waals surface area contributed by atoms with Gasteiger partial charge in [-0.05, 0) is 36.4 Å². The quantitative estimate of drug-likeness (QED) is 0.371. The Labute approximate surface area is 163 Å². The van der Waals surface area contributed by atoms with Gasteiger partial charge in [-0.3, -0.25) is 14.9 Å². The summed E-state index contributed by atoms with van der Waals surface area (Å²) in [6, 6.07) is 13.7. The van der Waals surface area contributed by atoms with Crippen molar-refractivity contribution in [3.05, 3.63) is 86.1 Å². The van der Waals surface area contributed by atoms with Gasteiger partial charge >= 0.3 is 0 Å². The largest absolute Gasteiger partial charge is 0.455 e. The fourth-order valence-electron chi connectivity index (χ4n) is 2.23. The lowest BCUT2D eigenvalue weighted by molar-refractivity contribution is -0.384. The molecule has 2 aromatic carbocycles. The molecule has 27 heavy (non-hydrogen) atoms. The van der Waals surface area contributed by atoms with Gasteiger partial charge in [0.25, 0.3) is 11.6 Å². The Kier molecular flexibility index (Phi) is 5.54. The third-order valence-corrected chi connectivity index (χ3v) is 4.06. The van der Waals surface area contributed by atoms with E-state index >= 15 is 0 Å². The summed E-state index contributed by atoms with van der Waals surface area (Å²) in [5.74, 6) is 0.286. The molecule has 3 aromatic rings. The SMILES string of the molecule is O=C(N/N=C/c1ccc(-c2cc(Cl)ccc2Cl)o1)c1cccc([N+](=O)[O-])c1. The molecule has 1 aromatic heterocycles. The van der Waals surface area contributed by atoms with E-state index in [1.807, 2.05) is 0 Å². The van der Waals surface area contributed by atoms with E-state index in [2.05, 4.69) is 10.5 Å². The summed E-state index contributed by atoms with van der Waals surface area (Å²) in [6.45, 7) is 0. The van der Waals surface area contributed by atoms with E-state index in [-0.39, 0.29) is 11.3 Å². The van der Waals surface area contributed by atoms with E-state index in [0.29, 0.717) is 27.1 Å². The summed E-state index contributed by atoms with van der Waals surface area (Å²) in [5, 5.41) is 15.5. The first-order valence-electron chi connectivity index (χ1n) is 7.57. The molecular weight excluding hydrogens is 393 g/mol. The van der Waals surface area contributed by atoms with Gasteiger partial charge in [-0.15, -0.1) is 0 Å². The third-order valence-electron chi connectivity index (χ3n) is 3.50. The standard InChI is InChI=1S/C18H11Cl2N3O4/c19-12-4-6-16(20)15(9-12)17-7-5-14(27-17)10-21-22-18(24)11-2-1-3-13(8-11)23(25)26/h1-10H,(H,22,24)/b21-10+. The average Bonchev–Trinajstić information content (AvgIpc) is 3.12. The van der Waals surface area contributed by atoms with E-state index in [1.165, 1.54) is 24.4 Å². The van der Waals surface area contributed by atoms with Crippen LogP contribution in [-0.4, -0.2) is 17.0 Å². The molecule has 1 heterocycles. The van der Waals surface area contributed by atoms with Gasteiger partial charge in [0.05, 0.1) is 16.2 Å². The highest BCUT2D eigenvalue weighted by atomic mass is 35.5. The number of nitrogens with one attached hydrogen (secondary N) is 1. The summed E-state index contributed by atoms with van der Waals surface area (Å²) >= 11 is 12.1. The molecule has 0 unspecified atom stereocenters. The number of amides is 1. The third kappa shape index (κ3) is 4.52. The van der Waals surface area contributed by atoms with E-state index in [9.17, 15) is 14.9 Å². The number of rotatable bonds is 5. The number of nitro benzene ring substituents is 1. The van der Waals surface area contributed by atoms with E-state index in [0.717, 1.165) is 6.07 Å². The Morgan fingerprint density at radius 2 is 1.96 bits per heavy atom. The molecule has 0 bridgehead atoms. The smallest absolute Gasteiger partial charge is 0.271 e. The topological polar surface area (TPSA) is 97.7 Å². The number of carbonyl (C=O) groups excluding carboxylic acids is 1. The zero-order chi connectivity index (χ0) is 19.4. The predicted octanol–water partition coefficient (Wildman–Crippen LogP) is 4.93. The van der Waals surface area contributed by atoms with Gasteiger partial charge in [0.15, 0.2) is 0 Å². The number of hydrazone groups is 1. The molecule has 0 aliphatic carbocycles. The van der Waals surface area contributed by atoms with Crippen molar-refractivity contribution in [3.63, 3.8) is 0 Å². The molecule has 3 rings (SSSR count). The summed E-state index contributed by atoms with van der Waals surface area (Å²) in [4.78, 5) is 22.2. The first-order valence-corrected chi connectivity index (χ1v) is 8.33. The normalized spacial score (nSPS) is 10.9. The second kappa shape index (κ2) is 8.03. The van der Waals surface area contributed by atoms with Gasteiger partial charge in [0.2, 0.25) is 0 Å². The average molecular weight is 404 g/mol. The zero-order valence-electron chi connectivity index (χ0n) is 13.6. The number of benzene rings is 2. The highest BCUT2D eigenvalue weighted by Crippen LogP contribution is 2.31. The van der Waals surface area contributed by atoms with Crippen molar-refractivity contribution >= 4 is 41.0 Å². The molecule has 9 heteroatoms. The molecule has 0 aliphatic rings. The number of carbonyl (C=O) groups is 1. The highest BCUT2D eigenvalue weighted by molar-refractivity contribution is 6.35. The van der Waals surface area contributed by atoms with Gasteiger partial charge < -0.3 is 4.42 Å². The number of nitro groups is 1. The van der Waals surface area contributed by atoms with Crippen molar-refractivity contribution in [3.8, 4) is 11.3 Å². The Morgan fingerprint density at radius 3 is 2.74 bits per heavy atom. The number of hydrogen-bond donors (Lipinski definition) is 1. The van der Waals surface area contributed by atoms with Crippen molar-refractivity contribution in [2.45, 2.75) is 0 Å². The van der Waals surface area contributed by atoms with Crippen LogP contribution < -0.4 is 5.43 Å². The maximum Gasteiger partial charge on any atom is 0.271 e. The molecule has 1 N–H and O–H groups in total. The summed E-state index contributed by atoms with van der Waals surface area (Å²) in [6.07, 6.45) is 1.30.